The Morgan fingerprint density at radius 2 is 1.63 bits per heavy atom. The molecule has 0 aliphatic carbocycles. The van der Waals surface area contributed by atoms with Crippen LogP contribution in [-0.4, -0.2) is 41.7 Å². The van der Waals surface area contributed by atoms with Gasteiger partial charge in [0.1, 0.15) is 23.8 Å². The average molecular weight is 496 g/mol. The van der Waals surface area contributed by atoms with Gasteiger partial charge in [0.05, 0.1) is 28.9 Å². The fraction of sp³-hybridized carbons (Fsp3) is 0.190. The van der Waals surface area contributed by atoms with Gasteiger partial charge in [0.25, 0.3) is 0 Å². The lowest BCUT2D eigenvalue weighted by Gasteiger charge is -2.16. The van der Waals surface area contributed by atoms with Crippen LogP contribution in [0.25, 0.3) is 22.3 Å². The first kappa shape index (κ1) is 24.2. The van der Waals surface area contributed by atoms with Crippen LogP contribution in [-0.2, 0) is 12.4 Å². The van der Waals surface area contributed by atoms with E-state index in [9.17, 15) is 31.4 Å². The molecule has 0 bridgehead atoms. The van der Waals surface area contributed by atoms with Crippen LogP contribution >= 0.6 is 0 Å². The van der Waals surface area contributed by atoms with E-state index in [1.807, 2.05) is 0 Å². The van der Waals surface area contributed by atoms with E-state index in [4.69, 9.17) is 5.11 Å². The number of fused-ring (bicyclic) bond motifs is 1. The van der Waals surface area contributed by atoms with Gasteiger partial charge in [-0.05, 0) is 24.3 Å². The van der Waals surface area contributed by atoms with E-state index in [0.717, 1.165) is 30.9 Å². The minimum Gasteiger partial charge on any atom is -0.393 e. The van der Waals surface area contributed by atoms with Gasteiger partial charge in [0, 0.05) is 29.7 Å². The van der Waals surface area contributed by atoms with Crippen molar-refractivity contribution in [1.29, 1.82) is 0 Å². The second-order valence-electron chi connectivity index (χ2n) is 7.23. The number of halogens is 6. The third-order valence-corrected chi connectivity index (χ3v) is 4.86. The lowest BCUT2D eigenvalue weighted by molar-refractivity contribution is -0.138. The monoisotopic (exact) mass is 496 g/mol. The van der Waals surface area contributed by atoms with E-state index >= 15 is 0 Å². The predicted molar refractivity (Wildman–Crippen MR) is 110 cm³/mol. The van der Waals surface area contributed by atoms with Gasteiger partial charge in [-0.2, -0.15) is 26.3 Å². The largest absolute Gasteiger partial charge is 0.418 e. The van der Waals surface area contributed by atoms with E-state index in [1.54, 1.807) is 0 Å². The third kappa shape index (κ3) is 5.12. The van der Waals surface area contributed by atoms with Gasteiger partial charge in [0.15, 0.2) is 5.82 Å². The SMILES string of the molecule is OC[C@@H](O)c1cnc(-c2cnc3c(Nc4ccc(C(F)(F)F)cn4)ncnc3c2)c(C(F)(F)F)c1. The Morgan fingerprint density at radius 1 is 0.857 bits per heavy atom. The quantitative estimate of drug-likeness (QED) is 0.351. The lowest BCUT2D eigenvalue weighted by Crippen LogP contribution is -2.12. The minimum atomic E-state index is -4.82. The molecule has 14 heteroatoms. The maximum Gasteiger partial charge on any atom is 0.418 e. The molecule has 0 amide bonds. The molecule has 182 valence electrons. The maximum atomic E-state index is 13.7. The summed E-state index contributed by atoms with van der Waals surface area (Å²) in [6.45, 7) is -0.781. The Bertz CT molecular complexity index is 1360. The summed E-state index contributed by atoms with van der Waals surface area (Å²) < 4.78 is 79.2. The van der Waals surface area contributed by atoms with Crippen LogP contribution < -0.4 is 5.32 Å². The molecular formula is C21H14F6N6O2. The summed E-state index contributed by atoms with van der Waals surface area (Å²) in [5, 5.41) is 21.4. The predicted octanol–water partition coefficient (Wildman–Crippen LogP) is 4.29. The number of hydrogen-bond acceptors (Lipinski definition) is 8. The Kier molecular flexibility index (Phi) is 6.25. The van der Waals surface area contributed by atoms with E-state index in [-0.39, 0.29) is 33.8 Å². The van der Waals surface area contributed by atoms with Crippen molar-refractivity contribution < 1.29 is 36.6 Å². The first-order valence-electron chi connectivity index (χ1n) is 9.75. The van der Waals surface area contributed by atoms with Crippen molar-refractivity contribution in [3.63, 3.8) is 0 Å². The molecule has 35 heavy (non-hydrogen) atoms. The Morgan fingerprint density at radius 3 is 2.26 bits per heavy atom. The lowest BCUT2D eigenvalue weighted by atomic mass is 10.0. The van der Waals surface area contributed by atoms with Crippen molar-refractivity contribution in [2.75, 3.05) is 11.9 Å². The maximum absolute atomic E-state index is 13.7. The van der Waals surface area contributed by atoms with Crippen LogP contribution in [0.15, 0.2) is 49.2 Å². The summed E-state index contributed by atoms with van der Waals surface area (Å²) in [6, 6.07) is 3.89. The van der Waals surface area contributed by atoms with E-state index in [0.29, 0.717) is 12.3 Å². The van der Waals surface area contributed by atoms with Gasteiger partial charge in [-0.15, -0.1) is 0 Å². The number of aliphatic hydroxyl groups is 2. The zero-order chi connectivity index (χ0) is 25.4. The summed E-state index contributed by atoms with van der Waals surface area (Å²) in [5.41, 5.74) is -2.56. The van der Waals surface area contributed by atoms with Crippen LogP contribution in [0.3, 0.4) is 0 Å². The molecule has 0 saturated carbocycles. The molecule has 1 atom stereocenters. The Labute approximate surface area is 192 Å². The molecule has 4 aromatic rings. The molecule has 4 aromatic heterocycles. The topological polar surface area (TPSA) is 117 Å². The highest BCUT2D eigenvalue weighted by Gasteiger charge is 2.35. The minimum absolute atomic E-state index is 0.0305. The van der Waals surface area contributed by atoms with Gasteiger partial charge in [0.2, 0.25) is 0 Å². The second kappa shape index (κ2) is 9.03. The van der Waals surface area contributed by atoms with E-state index in [2.05, 4.69) is 30.2 Å². The number of nitrogens with one attached hydrogen (secondary N) is 1. The van der Waals surface area contributed by atoms with Crippen LogP contribution in [0.1, 0.15) is 22.8 Å². The average Bonchev–Trinajstić information content (AvgIpc) is 2.82. The molecule has 0 aromatic carbocycles. The normalized spacial score (nSPS) is 13.1. The molecule has 0 radical (unpaired) electrons. The Balaban J connectivity index is 1.72. The summed E-state index contributed by atoms with van der Waals surface area (Å²) >= 11 is 0. The van der Waals surface area contributed by atoms with Gasteiger partial charge in [-0.1, -0.05) is 0 Å². The number of pyridine rings is 3. The molecular weight excluding hydrogens is 482 g/mol. The smallest absolute Gasteiger partial charge is 0.393 e. The number of aromatic nitrogens is 5. The van der Waals surface area contributed by atoms with Crippen molar-refractivity contribution >= 4 is 22.7 Å². The summed E-state index contributed by atoms with van der Waals surface area (Å²) in [4.78, 5) is 19.6. The molecule has 0 aliphatic rings. The van der Waals surface area contributed by atoms with Crippen molar-refractivity contribution in [3.8, 4) is 11.3 Å². The molecule has 4 rings (SSSR count). The van der Waals surface area contributed by atoms with Crippen molar-refractivity contribution in [3.05, 3.63) is 65.9 Å². The molecule has 0 aliphatic heterocycles. The fourth-order valence-electron chi connectivity index (χ4n) is 3.14. The molecule has 8 nitrogen and oxygen atoms in total. The number of aliphatic hydroxyl groups excluding tert-OH is 2. The van der Waals surface area contributed by atoms with Crippen LogP contribution in [0.5, 0.6) is 0 Å². The molecule has 0 unspecified atom stereocenters. The zero-order valence-corrected chi connectivity index (χ0v) is 17.3. The summed E-state index contributed by atoms with van der Waals surface area (Å²) in [5.74, 6) is 0.0992. The second-order valence-corrected chi connectivity index (χ2v) is 7.23. The standard InChI is InChI=1S/C21H14F6N6O2/c22-20(23,24)12-1-2-16(28-7-12)33-19-18-14(31-9-32-19)4-11(6-30-18)17-13(21(25,26)27)3-10(5-29-17)15(35)8-34/h1-7,9,15,34-35H,8H2,(H,28,31,32,33)/t15-/m1/s1. The van der Waals surface area contributed by atoms with E-state index in [1.165, 1.54) is 6.07 Å². The summed E-state index contributed by atoms with van der Waals surface area (Å²) in [6.07, 6.45) is -7.06. The number of nitrogens with zero attached hydrogens (tertiary/aromatic N) is 5. The van der Waals surface area contributed by atoms with Gasteiger partial charge < -0.3 is 15.5 Å². The third-order valence-electron chi connectivity index (χ3n) is 4.86. The van der Waals surface area contributed by atoms with Gasteiger partial charge in [-0.25, -0.2) is 19.9 Å². The first-order valence-corrected chi connectivity index (χ1v) is 9.75. The molecule has 0 fully saturated rings. The molecule has 0 saturated heterocycles. The van der Waals surface area contributed by atoms with Crippen LogP contribution in [0.2, 0.25) is 0 Å². The number of hydrogen-bond donors (Lipinski definition) is 3. The van der Waals surface area contributed by atoms with Gasteiger partial charge >= 0.3 is 12.4 Å². The highest BCUT2D eigenvalue weighted by molar-refractivity contribution is 5.89. The van der Waals surface area contributed by atoms with Crippen molar-refractivity contribution in [2.24, 2.45) is 0 Å². The fourth-order valence-corrected chi connectivity index (χ4v) is 3.14. The number of alkyl halides is 6. The number of rotatable bonds is 5. The van der Waals surface area contributed by atoms with E-state index < -0.39 is 41.9 Å². The highest BCUT2D eigenvalue weighted by atomic mass is 19.4. The molecule has 0 spiro atoms. The van der Waals surface area contributed by atoms with Crippen LogP contribution in [0.4, 0.5) is 38.0 Å². The van der Waals surface area contributed by atoms with Crippen LogP contribution in [0, 0.1) is 0 Å². The Hall–Kier alpha value is -3.91. The summed E-state index contributed by atoms with van der Waals surface area (Å²) in [7, 11) is 0. The molecule has 4 heterocycles. The first-order chi connectivity index (χ1) is 16.5. The zero-order valence-electron chi connectivity index (χ0n) is 17.3. The molecule has 3 N–H and O–H groups in total. The highest BCUT2D eigenvalue weighted by Crippen LogP contribution is 2.38. The van der Waals surface area contributed by atoms with Gasteiger partial charge in [-0.3, -0.25) is 4.98 Å². The van der Waals surface area contributed by atoms with Crippen molar-refractivity contribution in [2.45, 2.75) is 18.5 Å². The van der Waals surface area contributed by atoms with Crippen molar-refractivity contribution in [1.82, 2.24) is 24.9 Å². The number of anilines is 2.